The van der Waals surface area contributed by atoms with Gasteiger partial charge in [0.15, 0.2) is 5.69 Å². The number of carbonyl (C=O) groups is 1. The Morgan fingerprint density at radius 3 is 2.82 bits per heavy atom. The van der Waals surface area contributed by atoms with Gasteiger partial charge in [-0.3, -0.25) is 0 Å². The van der Waals surface area contributed by atoms with E-state index in [0.29, 0.717) is 11.9 Å². The average molecular weight is 237 g/mol. The number of likely N-dealkylation sites (N-methyl/N-ethyl adjacent to an activating group) is 1. The van der Waals surface area contributed by atoms with Crippen LogP contribution in [0.5, 0.6) is 0 Å². The highest BCUT2D eigenvalue weighted by Gasteiger charge is 2.05. The maximum absolute atomic E-state index is 10.7. The minimum absolute atomic E-state index is 0.0622. The summed E-state index contributed by atoms with van der Waals surface area (Å²) in [4.78, 5) is 16.9. The number of rotatable bonds is 6. The van der Waals surface area contributed by atoms with Crippen molar-refractivity contribution in [3.05, 3.63) is 23.9 Å². The molecule has 5 heteroatoms. The summed E-state index contributed by atoms with van der Waals surface area (Å²) in [5, 5.41) is 11.9. The van der Waals surface area contributed by atoms with Gasteiger partial charge in [-0.2, -0.15) is 0 Å². The zero-order chi connectivity index (χ0) is 12.8. The van der Waals surface area contributed by atoms with Crippen LogP contribution in [-0.2, 0) is 0 Å². The van der Waals surface area contributed by atoms with Gasteiger partial charge in [0.25, 0.3) is 0 Å². The van der Waals surface area contributed by atoms with Crippen molar-refractivity contribution >= 4 is 11.8 Å². The third-order valence-electron chi connectivity index (χ3n) is 2.62. The van der Waals surface area contributed by atoms with Gasteiger partial charge in [0, 0.05) is 19.1 Å². The summed E-state index contributed by atoms with van der Waals surface area (Å²) in [6, 6.07) is 5.43. The van der Waals surface area contributed by atoms with E-state index in [1.54, 1.807) is 12.1 Å². The summed E-state index contributed by atoms with van der Waals surface area (Å²) in [7, 11) is 2.05. The largest absolute Gasteiger partial charge is 0.477 e. The smallest absolute Gasteiger partial charge is 0.354 e. The van der Waals surface area contributed by atoms with Crippen LogP contribution in [0, 0.1) is 0 Å². The van der Waals surface area contributed by atoms with E-state index in [9.17, 15) is 4.79 Å². The number of aromatic carboxylic acids is 1. The summed E-state index contributed by atoms with van der Waals surface area (Å²) in [5.41, 5.74) is 0.0622. The Kier molecular flexibility index (Phi) is 4.90. The van der Waals surface area contributed by atoms with Crippen LogP contribution in [0.4, 0.5) is 5.82 Å². The summed E-state index contributed by atoms with van der Waals surface area (Å²) in [6.45, 7) is 5.88. The number of anilines is 1. The zero-order valence-corrected chi connectivity index (χ0v) is 10.5. The number of pyridine rings is 1. The first kappa shape index (κ1) is 13.4. The van der Waals surface area contributed by atoms with E-state index in [4.69, 9.17) is 5.11 Å². The zero-order valence-electron chi connectivity index (χ0n) is 10.5. The number of nitrogens with zero attached hydrogens (tertiary/aromatic N) is 2. The Morgan fingerprint density at radius 1 is 1.53 bits per heavy atom. The highest BCUT2D eigenvalue weighted by molar-refractivity contribution is 5.85. The SMILES string of the molecule is CC(C)N(C)CCNc1cccc(C(=O)O)n1. The molecule has 1 rings (SSSR count). The monoisotopic (exact) mass is 237 g/mol. The van der Waals surface area contributed by atoms with Gasteiger partial charge in [-0.15, -0.1) is 0 Å². The van der Waals surface area contributed by atoms with E-state index in [-0.39, 0.29) is 5.69 Å². The lowest BCUT2D eigenvalue weighted by Crippen LogP contribution is -2.31. The van der Waals surface area contributed by atoms with Crippen LogP contribution in [-0.4, -0.2) is 47.1 Å². The van der Waals surface area contributed by atoms with E-state index in [1.807, 2.05) is 7.05 Å². The lowest BCUT2D eigenvalue weighted by molar-refractivity contribution is 0.0690. The summed E-state index contributed by atoms with van der Waals surface area (Å²) in [5.74, 6) is -0.407. The number of nitrogens with one attached hydrogen (secondary N) is 1. The lowest BCUT2D eigenvalue weighted by atomic mass is 10.3. The van der Waals surface area contributed by atoms with Crippen molar-refractivity contribution in [3.63, 3.8) is 0 Å². The molecule has 1 heterocycles. The molecule has 1 aromatic heterocycles. The van der Waals surface area contributed by atoms with Gasteiger partial charge in [0.05, 0.1) is 0 Å². The number of carboxylic acids is 1. The van der Waals surface area contributed by atoms with Crippen molar-refractivity contribution in [2.24, 2.45) is 0 Å². The molecule has 0 aliphatic heterocycles. The molecule has 0 aliphatic rings. The van der Waals surface area contributed by atoms with Crippen LogP contribution < -0.4 is 5.32 Å². The van der Waals surface area contributed by atoms with Crippen LogP contribution in [0.2, 0.25) is 0 Å². The summed E-state index contributed by atoms with van der Waals surface area (Å²) >= 11 is 0. The minimum atomic E-state index is -1.01. The van der Waals surface area contributed by atoms with E-state index < -0.39 is 5.97 Å². The first-order valence-electron chi connectivity index (χ1n) is 5.65. The van der Waals surface area contributed by atoms with E-state index in [0.717, 1.165) is 13.1 Å². The quantitative estimate of drug-likeness (QED) is 0.785. The third-order valence-corrected chi connectivity index (χ3v) is 2.62. The second kappa shape index (κ2) is 6.20. The fourth-order valence-corrected chi connectivity index (χ4v) is 1.27. The number of carboxylic acid groups (broad SMARTS) is 1. The van der Waals surface area contributed by atoms with Crippen LogP contribution in [0.3, 0.4) is 0 Å². The normalized spacial score (nSPS) is 10.9. The van der Waals surface area contributed by atoms with Crippen LogP contribution >= 0.6 is 0 Å². The molecular weight excluding hydrogens is 218 g/mol. The third kappa shape index (κ3) is 4.40. The molecule has 0 amide bonds. The Balaban J connectivity index is 2.47. The molecule has 0 aliphatic carbocycles. The molecule has 0 atom stereocenters. The van der Waals surface area contributed by atoms with Crippen LogP contribution in [0.15, 0.2) is 18.2 Å². The maximum atomic E-state index is 10.7. The van der Waals surface area contributed by atoms with Gasteiger partial charge < -0.3 is 15.3 Å². The maximum Gasteiger partial charge on any atom is 0.354 e. The predicted molar refractivity (Wildman–Crippen MR) is 67.5 cm³/mol. The molecule has 0 spiro atoms. The molecule has 0 aromatic carbocycles. The van der Waals surface area contributed by atoms with Crippen molar-refractivity contribution in [2.45, 2.75) is 19.9 Å². The van der Waals surface area contributed by atoms with E-state index >= 15 is 0 Å². The number of aromatic nitrogens is 1. The minimum Gasteiger partial charge on any atom is -0.477 e. The molecule has 17 heavy (non-hydrogen) atoms. The first-order chi connectivity index (χ1) is 8.00. The van der Waals surface area contributed by atoms with Gasteiger partial charge in [-0.1, -0.05) is 6.07 Å². The lowest BCUT2D eigenvalue weighted by Gasteiger charge is -2.21. The molecule has 2 N–H and O–H groups in total. The predicted octanol–water partition coefficient (Wildman–Crippen LogP) is 1.53. The van der Waals surface area contributed by atoms with Crippen molar-refractivity contribution in [1.82, 2.24) is 9.88 Å². The fourth-order valence-electron chi connectivity index (χ4n) is 1.27. The number of hydrogen-bond donors (Lipinski definition) is 2. The second-order valence-electron chi connectivity index (χ2n) is 4.21. The fraction of sp³-hybridized carbons (Fsp3) is 0.500. The molecule has 0 unspecified atom stereocenters. The summed E-state index contributed by atoms with van der Waals surface area (Å²) < 4.78 is 0. The van der Waals surface area contributed by atoms with Gasteiger partial charge in [-0.25, -0.2) is 9.78 Å². The molecule has 0 saturated carbocycles. The van der Waals surface area contributed by atoms with Gasteiger partial charge in [-0.05, 0) is 33.0 Å². The Bertz CT molecular complexity index is 380. The van der Waals surface area contributed by atoms with Crippen molar-refractivity contribution < 1.29 is 9.90 Å². The molecular formula is C12H19N3O2. The topological polar surface area (TPSA) is 65.5 Å². The molecule has 94 valence electrons. The van der Waals surface area contributed by atoms with Crippen molar-refractivity contribution in [1.29, 1.82) is 0 Å². The molecule has 0 radical (unpaired) electrons. The highest BCUT2D eigenvalue weighted by atomic mass is 16.4. The standard InChI is InChI=1S/C12H19N3O2/c1-9(2)15(3)8-7-13-11-6-4-5-10(14-11)12(16)17/h4-6,9H,7-8H2,1-3H3,(H,13,14)(H,16,17). The van der Waals surface area contributed by atoms with E-state index in [1.165, 1.54) is 6.07 Å². The first-order valence-corrected chi connectivity index (χ1v) is 5.65. The van der Waals surface area contributed by atoms with Crippen molar-refractivity contribution in [3.8, 4) is 0 Å². The van der Waals surface area contributed by atoms with Gasteiger partial charge >= 0.3 is 5.97 Å². The van der Waals surface area contributed by atoms with Crippen molar-refractivity contribution in [2.75, 3.05) is 25.5 Å². The number of hydrogen-bond acceptors (Lipinski definition) is 4. The average Bonchev–Trinajstić information content (AvgIpc) is 2.29. The second-order valence-corrected chi connectivity index (χ2v) is 4.21. The molecule has 0 bridgehead atoms. The molecule has 0 fully saturated rings. The van der Waals surface area contributed by atoms with Gasteiger partial charge in [0.1, 0.15) is 5.82 Å². The van der Waals surface area contributed by atoms with Gasteiger partial charge in [0.2, 0.25) is 0 Å². The van der Waals surface area contributed by atoms with Crippen LogP contribution in [0.1, 0.15) is 24.3 Å². The summed E-state index contributed by atoms with van der Waals surface area (Å²) in [6.07, 6.45) is 0. The highest BCUT2D eigenvalue weighted by Crippen LogP contribution is 2.04. The Hall–Kier alpha value is -1.62. The van der Waals surface area contributed by atoms with E-state index in [2.05, 4.69) is 29.0 Å². The Labute approximate surface area is 101 Å². The molecule has 5 nitrogen and oxygen atoms in total. The molecule has 1 aromatic rings. The van der Waals surface area contributed by atoms with Crippen LogP contribution in [0.25, 0.3) is 0 Å². The Morgan fingerprint density at radius 2 is 2.24 bits per heavy atom. The molecule has 0 saturated heterocycles.